The summed E-state index contributed by atoms with van der Waals surface area (Å²) in [5, 5.41) is 4.58. The average Bonchev–Trinajstić information content (AvgIpc) is 2.88. The number of hydrogen-bond acceptors (Lipinski definition) is 3. The molecule has 0 fully saturated rings. The fraction of sp³-hybridized carbons (Fsp3) is 0.375. The number of aromatic nitrogens is 1. The van der Waals surface area contributed by atoms with E-state index in [0.717, 1.165) is 23.5 Å². The van der Waals surface area contributed by atoms with Gasteiger partial charge >= 0.3 is 0 Å². The van der Waals surface area contributed by atoms with E-state index in [-0.39, 0.29) is 5.91 Å². The Labute approximate surface area is 133 Å². The lowest BCUT2D eigenvalue weighted by Gasteiger charge is -2.06. The normalized spacial score (nSPS) is 13.8. The van der Waals surface area contributed by atoms with Crippen LogP contribution in [-0.4, -0.2) is 10.9 Å². The molecule has 0 radical (unpaired) electrons. The number of halogens is 1. The summed E-state index contributed by atoms with van der Waals surface area (Å²) in [7, 11) is 0. The third-order valence-corrected chi connectivity index (χ3v) is 5.02. The molecule has 3 rings (SSSR count). The highest BCUT2D eigenvalue weighted by atomic mass is 35.5. The number of carbonyl (C=O) groups excluding carboxylic acids is 1. The summed E-state index contributed by atoms with van der Waals surface area (Å²) in [5.74, 6) is 0.00504. The minimum absolute atomic E-state index is 0.00504. The largest absolute Gasteiger partial charge is 0.326 e. The highest BCUT2D eigenvalue weighted by Crippen LogP contribution is 2.27. The van der Waals surface area contributed by atoms with E-state index in [1.807, 2.05) is 12.1 Å². The summed E-state index contributed by atoms with van der Waals surface area (Å²) >= 11 is 7.67. The van der Waals surface area contributed by atoms with Gasteiger partial charge in [-0.2, -0.15) is 0 Å². The van der Waals surface area contributed by atoms with E-state index >= 15 is 0 Å². The van der Waals surface area contributed by atoms with Crippen molar-refractivity contribution in [3.8, 4) is 0 Å². The van der Waals surface area contributed by atoms with Crippen molar-refractivity contribution in [2.75, 3.05) is 5.32 Å². The maximum atomic E-state index is 12.0. The third-order valence-electron chi connectivity index (χ3n) is 3.56. The lowest BCUT2D eigenvalue weighted by Crippen LogP contribution is -2.12. The predicted molar refractivity (Wildman–Crippen MR) is 87.2 cm³/mol. The molecule has 1 N–H and O–H groups in total. The van der Waals surface area contributed by atoms with Crippen LogP contribution in [0.2, 0.25) is 5.02 Å². The molecule has 1 aliphatic rings. The van der Waals surface area contributed by atoms with E-state index in [4.69, 9.17) is 11.6 Å². The molecular weight excluding hydrogens is 304 g/mol. The first-order valence-corrected chi connectivity index (χ1v) is 8.43. The molecule has 1 heterocycles. The summed E-state index contributed by atoms with van der Waals surface area (Å²) < 4.78 is 0. The van der Waals surface area contributed by atoms with Crippen LogP contribution in [-0.2, 0) is 24.1 Å². The van der Waals surface area contributed by atoms with Crippen LogP contribution in [0.3, 0.4) is 0 Å². The summed E-state index contributed by atoms with van der Waals surface area (Å²) in [6, 6.07) is 7.21. The van der Waals surface area contributed by atoms with Gasteiger partial charge in [-0.25, -0.2) is 4.98 Å². The Bertz CT molecular complexity index is 630. The molecule has 0 atom stereocenters. The van der Waals surface area contributed by atoms with E-state index in [2.05, 4.69) is 10.3 Å². The summed E-state index contributed by atoms with van der Waals surface area (Å²) in [6.07, 6.45) is 5.93. The molecular formula is C16H17ClN2OS. The second-order valence-electron chi connectivity index (χ2n) is 5.24. The monoisotopic (exact) mass is 320 g/mol. The zero-order chi connectivity index (χ0) is 14.7. The number of amides is 1. The fourth-order valence-corrected chi connectivity index (χ4v) is 3.87. The number of thiazole rings is 1. The summed E-state index contributed by atoms with van der Waals surface area (Å²) in [6.45, 7) is 0. The number of hydrogen-bond donors (Lipinski definition) is 1. The van der Waals surface area contributed by atoms with Crippen LogP contribution < -0.4 is 5.32 Å². The van der Waals surface area contributed by atoms with E-state index in [1.165, 1.54) is 23.4 Å². The summed E-state index contributed by atoms with van der Waals surface area (Å²) in [4.78, 5) is 18.0. The molecule has 0 saturated carbocycles. The first-order chi connectivity index (χ1) is 10.2. The number of fused-ring (bicyclic) bond motifs is 1. The van der Waals surface area contributed by atoms with Gasteiger partial charge in [0, 0.05) is 28.4 Å². The number of rotatable bonds is 4. The summed E-state index contributed by atoms with van der Waals surface area (Å²) in [5.41, 5.74) is 2.00. The third kappa shape index (κ3) is 3.83. The topological polar surface area (TPSA) is 42.0 Å². The Balaban J connectivity index is 1.55. The number of aryl methyl sites for hydroxylation is 3. The Hall–Kier alpha value is -1.39. The highest BCUT2D eigenvalue weighted by molar-refractivity contribution is 7.11. The first kappa shape index (κ1) is 14.5. The Morgan fingerprint density at radius 3 is 3.00 bits per heavy atom. The highest BCUT2D eigenvalue weighted by Gasteiger charge is 2.15. The van der Waals surface area contributed by atoms with Crippen LogP contribution >= 0.6 is 22.9 Å². The van der Waals surface area contributed by atoms with Gasteiger partial charge in [-0.05, 0) is 43.9 Å². The minimum Gasteiger partial charge on any atom is -0.326 e. The maximum Gasteiger partial charge on any atom is 0.224 e. The van der Waals surface area contributed by atoms with Gasteiger partial charge in [0.15, 0.2) is 0 Å². The van der Waals surface area contributed by atoms with Gasteiger partial charge < -0.3 is 5.32 Å². The first-order valence-electron chi connectivity index (χ1n) is 7.23. The SMILES string of the molecule is O=C(CCc1nc2c(s1)CCCC2)Nc1cccc(Cl)c1. The minimum atomic E-state index is 0.00504. The van der Waals surface area contributed by atoms with E-state index in [9.17, 15) is 4.79 Å². The molecule has 0 saturated heterocycles. The van der Waals surface area contributed by atoms with Gasteiger partial charge in [0.05, 0.1) is 10.7 Å². The van der Waals surface area contributed by atoms with Crippen molar-refractivity contribution in [2.24, 2.45) is 0 Å². The van der Waals surface area contributed by atoms with Gasteiger partial charge in [-0.3, -0.25) is 4.79 Å². The lowest BCUT2D eigenvalue weighted by molar-refractivity contribution is -0.116. The van der Waals surface area contributed by atoms with Crippen molar-refractivity contribution in [1.82, 2.24) is 4.98 Å². The second-order valence-corrected chi connectivity index (χ2v) is 6.85. The van der Waals surface area contributed by atoms with Crippen LogP contribution in [0.4, 0.5) is 5.69 Å². The van der Waals surface area contributed by atoms with Gasteiger partial charge in [0.1, 0.15) is 0 Å². The lowest BCUT2D eigenvalue weighted by atomic mass is 10.0. The van der Waals surface area contributed by atoms with Crippen molar-refractivity contribution in [2.45, 2.75) is 38.5 Å². The van der Waals surface area contributed by atoms with Crippen molar-refractivity contribution in [1.29, 1.82) is 0 Å². The molecule has 1 amide bonds. The number of anilines is 1. The molecule has 2 aromatic rings. The smallest absolute Gasteiger partial charge is 0.224 e. The molecule has 110 valence electrons. The molecule has 0 bridgehead atoms. The standard InChI is InChI=1S/C16H17ClN2OS/c17-11-4-3-5-12(10-11)18-15(20)8-9-16-19-13-6-1-2-7-14(13)21-16/h3-5,10H,1-2,6-9H2,(H,18,20). The van der Waals surface area contributed by atoms with Crippen molar-refractivity contribution < 1.29 is 4.79 Å². The average molecular weight is 321 g/mol. The molecule has 5 heteroatoms. The molecule has 1 aromatic heterocycles. The molecule has 1 aromatic carbocycles. The van der Waals surface area contributed by atoms with Crippen molar-refractivity contribution in [3.05, 3.63) is 44.9 Å². The van der Waals surface area contributed by atoms with Crippen LogP contribution in [0.5, 0.6) is 0 Å². The van der Waals surface area contributed by atoms with E-state index in [1.54, 1.807) is 23.5 Å². The van der Waals surface area contributed by atoms with Crippen LogP contribution in [0.15, 0.2) is 24.3 Å². The van der Waals surface area contributed by atoms with Crippen molar-refractivity contribution in [3.63, 3.8) is 0 Å². The second kappa shape index (κ2) is 6.58. The Morgan fingerprint density at radius 2 is 2.19 bits per heavy atom. The molecule has 0 spiro atoms. The predicted octanol–water partition coefficient (Wildman–Crippen LogP) is 4.25. The maximum absolute atomic E-state index is 12.0. The Kier molecular flexibility index (Phi) is 4.56. The van der Waals surface area contributed by atoms with E-state index < -0.39 is 0 Å². The molecule has 0 aliphatic heterocycles. The van der Waals surface area contributed by atoms with Crippen LogP contribution in [0.25, 0.3) is 0 Å². The van der Waals surface area contributed by atoms with Gasteiger partial charge in [-0.1, -0.05) is 17.7 Å². The molecule has 1 aliphatic carbocycles. The van der Waals surface area contributed by atoms with Crippen molar-refractivity contribution >= 4 is 34.5 Å². The number of benzene rings is 1. The van der Waals surface area contributed by atoms with Crippen LogP contribution in [0.1, 0.15) is 34.8 Å². The number of nitrogens with zero attached hydrogens (tertiary/aromatic N) is 1. The molecule has 3 nitrogen and oxygen atoms in total. The van der Waals surface area contributed by atoms with Gasteiger partial charge in [0.25, 0.3) is 0 Å². The number of carbonyl (C=O) groups is 1. The zero-order valence-electron chi connectivity index (χ0n) is 11.7. The van der Waals surface area contributed by atoms with Gasteiger partial charge in [-0.15, -0.1) is 11.3 Å². The van der Waals surface area contributed by atoms with E-state index in [0.29, 0.717) is 17.9 Å². The number of nitrogens with one attached hydrogen (secondary N) is 1. The zero-order valence-corrected chi connectivity index (χ0v) is 13.3. The molecule has 0 unspecified atom stereocenters. The molecule has 21 heavy (non-hydrogen) atoms. The van der Waals surface area contributed by atoms with Gasteiger partial charge in [0.2, 0.25) is 5.91 Å². The fourth-order valence-electron chi connectivity index (χ4n) is 2.52. The van der Waals surface area contributed by atoms with Crippen LogP contribution in [0, 0.1) is 0 Å². The Morgan fingerprint density at radius 1 is 1.33 bits per heavy atom. The quantitative estimate of drug-likeness (QED) is 0.915.